The molecule has 0 aromatic heterocycles. The lowest BCUT2D eigenvalue weighted by Gasteiger charge is -2.42. The number of hydrogen-bond acceptors (Lipinski definition) is 9. The fourth-order valence-corrected chi connectivity index (χ4v) is 10.0. The number of carbonyl (C=O) groups is 1. The summed E-state index contributed by atoms with van der Waals surface area (Å²) in [5.41, 5.74) is 0.0373. The van der Waals surface area contributed by atoms with Gasteiger partial charge in [0.25, 0.3) is 0 Å². The molecular weight excluding hydrogens is 887 g/mol. The fraction of sp³-hybridized carbons (Fsp3) is 0.952. The van der Waals surface area contributed by atoms with Gasteiger partial charge in [0.1, 0.15) is 0 Å². The molecule has 0 unspecified atom stereocenters. The first-order chi connectivity index (χ1) is 34.9. The highest BCUT2D eigenvalue weighted by Crippen LogP contribution is 2.39. The van der Waals surface area contributed by atoms with E-state index in [1.165, 1.54) is 180 Å². The molecule has 0 atom stereocenters. The lowest BCUT2D eigenvalue weighted by molar-refractivity contribution is -0.160. The zero-order chi connectivity index (χ0) is 51.4. The summed E-state index contributed by atoms with van der Waals surface area (Å²) < 4.78 is 37.6. The van der Waals surface area contributed by atoms with Crippen LogP contribution in [0.2, 0.25) is 0 Å². The third-order valence-electron chi connectivity index (χ3n) is 15.1. The Kier molecular flexibility index (Phi) is 49.9. The third kappa shape index (κ3) is 43.7. The van der Waals surface area contributed by atoms with Crippen molar-refractivity contribution in [3.8, 4) is 0 Å². The van der Waals surface area contributed by atoms with E-state index >= 15 is 0 Å². The second kappa shape index (κ2) is 52.2. The van der Waals surface area contributed by atoms with E-state index < -0.39 is 0 Å². The molecule has 1 rings (SSSR count). The maximum Gasteiger partial charge on any atom is 0.305 e. The molecule has 0 aromatic carbocycles. The molecule has 0 amide bonds. The largest absolute Gasteiger partial charge is 0.499 e. The molecule has 1 fully saturated rings. The molecule has 1 saturated heterocycles. The second-order valence-electron chi connectivity index (χ2n) is 21.7. The van der Waals surface area contributed by atoms with Gasteiger partial charge in [-0.15, -0.1) is 0 Å². The molecule has 9 heteroatoms. The zero-order valence-electron chi connectivity index (χ0n) is 47.9. The number of rotatable bonds is 57. The van der Waals surface area contributed by atoms with E-state index in [4.69, 9.17) is 28.4 Å². The standard InChI is InChI=1S/C62H121NO8/c1-6-10-14-18-22-26-30-36-52-68-60(69-53-37-31-27-23-19-15-11-7-2)42-40-58(5)66-56-46-62(44-49-63(50-45-62)48-34-35-51-64)47-57-67-59(65)41-43-61(70-54-38-32-28-24-20-16-12-8-3)71-55-39-33-29-25-21-17-13-9-4/h60-61,64H,5-57H2,1-4H3. The average molecular weight is 1010 g/mol. The van der Waals surface area contributed by atoms with Crippen molar-refractivity contribution in [2.75, 3.05) is 65.9 Å². The first-order valence-electron chi connectivity index (χ1n) is 31.2. The number of nitrogens with zero attached hydrogens (tertiary/aromatic N) is 1. The number of allylic oxidation sites excluding steroid dienone is 1. The van der Waals surface area contributed by atoms with Crippen molar-refractivity contribution in [3.63, 3.8) is 0 Å². The third-order valence-corrected chi connectivity index (χ3v) is 15.1. The predicted molar refractivity (Wildman–Crippen MR) is 300 cm³/mol. The van der Waals surface area contributed by atoms with Gasteiger partial charge in [0.2, 0.25) is 0 Å². The van der Waals surface area contributed by atoms with E-state index in [0.717, 1.165) is 116 Å². The van der Waals surface area contributed by atoms with Gasteiger partial charge in [-0.2, -0.15) is 0 Å². The highest BCUT2D eigenvalue weighted by molar-refractivity contribution is 5.69. The van der Waals surface area contributed by atoms with Gasteiger partial charge in [0, 0.05) is 52.3 Å². The summed E-state index contributed by atoms with van der Waals surface area (Å²) in [5.74, 6) is 0.638. The van der Waals surface area contributed by atoms with Gasteiger partial charge in [0.15, 0.2) is 12.6 Å². The summed E-state index contributed by atoms with van der Waals surface area (Å²) in [7, 11) is 0. The van der Waals surface area contributed by atoms with Crippen molar-refractivity contribution in [2.45, 2.75) is 310 Å². The summed E-state index contributed by atoms with van der Waals surface area (Å²) in [6, 6.07) is 0. The smallest absolute Gasteiger partial charge is 0.305 e. The number of piperidine rings is 1. The Morgan fingerprint density at radius 3 is 1.15 bits per heavy atom. The van der Waals surface area contributed by atoms with Crippen LogP contribution in [-0.4, -0.2) is 94.4 Å². The minimum Gasteiger partial charge on any atom is -0.499 e. The summed E-state index contributed by atoms with van der Waals surface area (Å²) in [6.45, 7) is 20.6. The second-order valence-corrected chi connectivity index (χ2v) is 21.7. The molecule has 0 aromatic rings. The maximum absolute atomic E-state index is 13.3. The van der Waals surface area contributed by atoms with Crippen LogP contribution in [0.25, 0.3) is 0 Å². The summed E-state index contributed by atoms with van der Waals surface area (Å²) >= 11 is 0. The number of aliphatic hydroxyl groups is 1. The molecule has 1 heterocycles. The zero-order valence-corrected chi connectivity index (χ0v) is 47.9. The van der Waals surface area contributed by atoms with E-state index in [-0.39, 0.29) is 30.6 Å². The number of ether oxygens (including phenoxy) is 6. The highest BCUT2D eigenvalue weighted by atomic mass is 16.7. The van der Waals surface area contributed by atoms with Crippen LogP contribution in [0.15, 0.2) is 12.3 Å². The number of aliphatic hydroxyl groups excluding tert-OH is 1. The van der Waals surface area contributed by atoms with Crippen LogP contribution in [0.3, 0.4) is 0 Å². The topological polar surface area (TPSA) is 95.9 Å². The van der Waals surface area contributed by atoms with Gasteiger partial charge in [-0.25, -0.2) is 0 Å². The Bertz CT molecular complexity index is 999. The lowest BCUT2D eigenvalue weighted by Crippen LogP contribution is -2.41. The van der Waals surface area contributed by atoms with Crippen LogP contribution in [0.4, 0.5) is 0 Å². The molecule has 1 aliphatic heterocycles. The number of likely N-dealkylation sites (tertiary alicyclic amines) is 1. The minimum absolute atomic E-state index is 0.0373. The van der Waals surface area contributed by atoms with Crippen LogP contribution >= 0.6 is 0 Å². The summed E-state index contributed by atoms with van der Waals surface area (Å²) in [6.07, 6.45) is 48.2. The van der Waals surface area contributed by atoms with E-state index in [1.807, 2.05) is 0 Å². The van der Waals surface area contributed by atoms with Crippen LogP contribution < -0.4 is 0 Å². The van der Waals surface area contributed by atoms with E-state index in [2.05, 4.69) is 39.2 Å². The Morgan fingerprint density at radius 2 is 0.789 bits per heavy atom. The SMILES string of the molecule is C=C(CCC(OCCCCCCCCCC)OCCCCCCCCCC)OCCC1(CCOC(=O)CCC(OCCCCCCCCCC)OCCCCCCCCCC)CCN(CCCCO)CC1. The number of unbranched alkanes of at least 4 members (excludes halogenated alkanes) is 29. The minimum atomic E-state index is -0.360. The van der Waals surface area contributed by atoms with Gasteiger partial charge in [-0.3, -0.25) is 4.79 Å². The van der Waals surface area contributed by atoms with Crippen LogP contribution in [0.1, 0.15) is 297 Å². The molecular formula is C62H121NO8. The summed E-state index contributed by atoms with van der Waals surface area (Å²) in [5, 5.41) is 9.37. The number of hydrogen-bond donors (Lipinski definition) is 1. The van der Waals surface area contributed by atoms with Crippen LogP contribution in [-0.2, 0) is 33.2 Å². The molecule has 422 valence electrons. The monoisotopic (exact) mass is 1010 g/mol. The van der Waals surface area contributed by atoms with Crippen molar-refractivity contribution < 1.29 is 38.3 Å². The van der Waals surface area contributed by atoms with Gasteiger partial charge in [-0.1, -0.05) is 214 Å². The quantitative estimate of drug-likeness (QED) is 0.0277. The summed E-state index contributed by atoms with van der Waals surface area (Å²) in [4.78, 5) is 15.8. The fourth-order valence-electron chi connectivity index (χ4n) is 10.0. The van der Waals surface area contributed by atoms with Crippen molar-refractivity contribution in [1.29, 1.82) is 0 Å². The van der Waals surface area contributed by atoms with Crippen molar-refractivity contribution >= 4 is 5.97 Å². The number of carbonyl (C=O) groups excluding carboxylic acids is 1. The van der Waals surface area contributed by atoms with Crippen molar-refractivity contribution in [1.82, 2.24) is 4.90 Å². The molecule has 0 bridgehead atoms. The van der Waals surface area contributed by atoms with Gasteiger partial charge >= 0.3 is 5.97 Å². The first-order valence-corrected chi connectivity index (χ1v) is 31.2. The molecule has 71 heavy (non-hydrogen) atoms. The number of esters is 1. The van der Waals surface area contributed by atoms with Gasteiger partial charge < -0.3 is 38.4 Å². The Labute approximate surface area is 441 Å². The molecule has 0 spiro atoms. The van der Waals surface area contributed by atoms with E-state index in [1.54, 1.807) is 0 Å². The Balaban J connectivity index is 2.69. The highest BCUT2D eigenvalue weighted by Gasteiger charge is 2.34. The lowest BCUT2D eigenvalue weighted by atomic mass is 9.73. The van der Waals surface area contributed by atoms with Gasteiger partial charge in [0.05, 0.1) is 25.4 Å². The molecule has 0 radical (unpaired) electrons. The van der Waals surface area contributed by atoms with E-state index in [0.29, 0.717) is 39.3 Å². The molecule has 0 aliphatic carbocycles. The normalized spacial score (nSPS) is 14.0. The molecule has 1 aliphatic rings. The van der Waals surface area contributed by atoms with Crippen LogP contribution in [0.5, 0.6) is 0 Å². The Morgan fingerprint density at radius 1 is 0.451 bits per heavy atom. The molecule has 1 N–H and O–H groups in total. The first kappa shape index (κ1) is 67.8. The van der Waals surface area contributed by atoms with E-state index in [9.17, 15) is 9.90 Å². The maximum atomic E-state index is 13.3. The average Bonchev–Trinajstić information content (AvgIpc) is 3.37. The predicted octanol–water partition coefficient (Wildman–Crippen LogP) is 17.5. The molecule has 9 nitrogen and oxygen atoms in total. The Hall–Kier alpha value is -1.23. The van der Waals surface area contributed by atoms with Crippen molar-refractivity contribution in [3.05, 3.63) is 12.3 Å². The van der Waals surface area contributed by atoms with Crippen LogP contribution in [0, 0.1) is 5.41 Å². The van der Waals surface area contributed by atoms with Gasteiger partial charge in [-0.05, 0) is 89.3 Å². The molecule has 0 saturated carbocycles. The van der Waals surface area contributed by atoms with Crippen molar-refractivity contribution in [2.24, 2.45) is 5.41 Å².